The first-order valence-corrected chi connectivity index (χ1v) is 10.8. The first-order chi connectivity index (χ1) is 13.6. The number of fused-ring (bicyclic) bond motifs is 1. The van der Waals surface area contributed by atoms with E-state index in [-0.39, 0.29) is 11.9 Å². The quantitative estimate of drug-likeness (QED) is 0.407. The summed E-state index contributed by atoms with van der Waals surface area (Å²) in [6, 6.07) is 11.8. The van der Waals surface area contributed by atoms with Crippen molar-refractivity contribution in [3.8, 4) is 5.75 Å². The Bertz CT molecular complexity index is 752. The normalized spacial score (nSPS) is 18.5. The topological polar surface area (TPSA) is 9.23 Å². The fourth-order valence-electron chi connectivity index (χ4n) is 4.68. The maximum Gasteiger partial charge on any atom is 0.168 e. The van der Waals surface area contributed by atoms with E-state index in [4.69, 9.17) is 4.74 Å². The van der Waals surface area contributed by atoms with Crippen LogP contribution in [-0.4, -0.2) is 0 Å². The van der Waals surface area contributed by atoms with Gasteiger partial charge in [0.05, 0.1) is 0 Å². The molecular weight excluding hydrogens is 354 g/mol. The molecule has 1 aliphatic carbocycles. The highest BCUT2D eigenvalue weighted by atomic mass is 19.1. The van der Waals surface area contributed by atoms with Crippen molar-refractivity contribution in [1.29, 1.82) is 0 Å². The number of rotatable bonds is 10. The highest BCUT2D eigenvalue weighted by molar-refractivity contribution is 5.36. The van der Waals surface area contributed by atoms with Crippen molar-refractivity contribution in [3.05, 3.63) is 65.2 Å². The molecule has 0 aromatic heterocycles. The largest absolute Gasteiger partial charge is 0.482 e. The van der Waals surface area contributed by atoms with Gasteiger partial charge in [0, 0.05) is 12.0 Å². The predicted octanol–water partition coefficient (Wildman–Crippen LogP) is 7.64. The summed E-state index contributed by atoms with van der Waals surface area (Å²) >= 11 is 0. The minimum Gasteiger partial charge on any atom is -0.482 e. The molecule has 1 aliphatic rings. The van der Waals surface area contributed by atoms with Crippen LogP contribution in [0.2, 0.25) is 0 Å². The average Bonchev–Trinajstić information content (AvgIpc) is 3.02. The molecule has 0 fully saturated rings. The molecule has 0 amide bonds. The number of benzene rings is 2. The van der Waals surface area contributed by atoms with Crippen molar-refractivity contribution in [1.82, 2.24) is 0 Å². The zero-order valence-corrected chi connectivity index (χ0v) is 17.1. The fraction of sp³-hybridized carbons (Fsp3) is 0.520. The summed E-state index contributed by atoms with van der Waals surface area (Å²) in [5, 5.41) is 0. The van der Waals surface area contributed by atoms with Gasteiger partial charge in [0.1, 0.15) is 11.9 Å². The summed E-state index contributed by atoms with van der Waals surface area (Å²) in [7, 11) is 0. The standard InChI is InChI=1S/C25H32F2O/c1-3-8-18(9-4-2)10-7-12-20-16-19-11-5-6-13-22(19)25(20)28-24-15-14-21(26)17-23(24)27/h5-6,11,13-15,17-18,20,25H,3-4,7-10,12,16H2,1-2H3. The molecule has 0 saturated heterocycles. The van der Waals surface area contributed by atoms with E-state index in [1.165, 1.54) is 56.2 Å². The maximum atomic E-state index is 14.2. The van der Waals surface area contributed by atoms with E-state index < -0.39 is 11.6 Å². The number of hydrogen-bond donors (Lipinski definition) is 0. The molecule has 0 aliphatic heterocycles. The van der Waals surface area contributed by atoms with Crippen molar-refractivity contribution < 1.29 is 13.5 Å². The van der Waals surface area contributed by atoms with Crippen LogP contribution < -0.4 is 4.74 Å². The van der Waals surface area contributed by atoms with Crippen molar-refractivity contribution in [2.75, 3.05) is 0 Å². The average molecular weight is 387 g/mol. The highest BCUT2D eigenvalue weighted by Gasteiger charge is 2.34. The van der Waals surface area contributed by atoms with Gasteiger partial charge in [-0.3, -0.25) is 0 Å². The SMILES string of the molecule is CCCC(CCC)CCCC1Cc2ccccc2C1Oc1ccc(F)cc1F. The lowest BCUT2D eigenvalue weighted by Crippen LogP contribution is -2.16. The molecule has 0 N–H and O–H groups in total. The lowest BCUT2D eigenvalue weighted by atomic mass is 9.89. The molecule has 0 saturated carbocycles. The van der Waals surface area contributed by atoms with E-state index in [0.29, 0.717) is 5.92 Å². The molecule has 1 nitrogen and oxygen atoms in total. The van der Waals surface area contributed by atoms with Crippen molar-refractivity contribution in [3.63, 3.8) is 0 Å². The summed E-state index contributed by atoms with van der Waals surface area (Å²) in [4.78, 5) is 0. The zero-order chi connectivity index (χ0) is 19.9. The van der Waals surface area contributed by atoms with Gasteiger partial charge in [-0.05, 0) is 42.0 Å². The van der Waals surface area contributed by atoms with Gasteiger partial charge >= 0.3 is 0 Å². The molecule has 2 atom stereocenters. The second-order valence-corrected chi connectivity index (χ2v) is 8.15. The highest BCUT2D eigenvalue weighted by Crippen LogP contribution is 2.42. The van der Waals surface area contributed by atoms with Crippen LogP contribution >= 0.6 is 0 Å². The third-order valence-electron chi connectivity index (χ3n) is 6.00. The van der Waals surface area contributed by atoms with Crippen molar-refractivity contribution in [2.24, 2.45) is 11.8 Å². The van der Waals surface area contributed by atoms with Gasteiger partial charge in [-0.25, -0.2) is 8.78 Å². The van der Waals surface area contributed by atoms with E-state index in [1.54, 1.807) is 0 Å². The lowest BCUT2D eigenvalue weighted by Gasteiger charge is -2.23. The van der Waals surface area contributed by atoms with Crippen molar-refractivity contribution in [2.45, 2.75) is 71.3 Å². The minimum absolute atomic E-state index is 0.142. The third kappa shape index (κ3) is 5.12. The molecule has 152 valence electrons. The van der Waals surface area contributed by atoms with Gasteiger partial charge in [-0.1, -0.05) is 76.6 Å². The first kappa shape index (κ1) is 20.8. The van der Waals surface area contributed by atoms with Crippen LogP contribution in [0.3, 0.4) is 0 Å². The van der Waals surface area contributed by atoms with Crippen LogP contribution in [-0.2, 0) is 6.42 Å². The Morgan fingerprint density at radius 2 is 1.75 bits per heavy atom. The first-order valence-electron chi connectivity index (χ1n) is 10.8. The number of ether oxygens (including phenoxy) is 1. The summed E-state index contributed by atoms with van der Waals surface area (Å²) in [6.45, 7) is 4.52. The van der Waals surface area contributed by atoms with Crippen LogP contribution in [0.1, 0.15) is 76.0 Å². The Morgan fingerprint density at radius 1 is 1.00 bits per heavy atom. The van der Waals surface area contributed by atoms with Crippen LogP contribution in [0.25, 0.3) is 0 Å². The molecular formula is C25H32F2O. The van der Waals surface area contributed by atoms with Crippen LogP contribution in [0.15, 0.2) is 42.5 Å². The molecule has 3 heteroatoms. The Hall–Kier alpha value is -1.90. The fourth-order valence-corrected chi connectivity index (χ4v) is 4.68. The molecule has 2 aromatic carbocycles. The van der Waals surface area contributed by atoms with Gasteiger partial charge in [0.2, 0.25) is 0 Å². The van der Waals surface area contributed by atoms with E-state index in [1.807, 2.05) is 6.07 Å². The van der Waals surface area contributed by atoms with Gasteiger partial charge in [0.15, 0.2) is 11.6 Å². The molecule has 0 bridgehead atoms. The predicted molar refractivity (Wildman–Crippen MR) is 111 cm³/mol. The van der Waals surface area contributed by atoms with Gasteiger partial charge in [-0.2, -0.15) is 0 Å². The van der Waals surface area contributed by atoms with Crippen LogP contribution in [0, 0.1) is 23.5 Å². The zero-order valence-electron chi connectivity index (χ0n) is 17.1. The minimum atomic E-state index is -0.630. The molecule has 0 radical (unpaired) electrons. The maximum absolute atomic E-state index is 14.2. The Kier molecular flexibility index (Phi) is 7.47. The second kappa shape index (κ2) is 10.0. The van der Waals surface area contributed by atoms with E-state index in [2.05, 4.69) is 32.0 Å². The number of hydrogen-bond acceptors (Lipinski definition) is 1. The molecule has 0 spiro atoms. The van der Waals surface area contributed by atoms with Gasteiger partial charge in [0.25, 0.3) is 0 Å². The van der Waals surface area contributed by atoms with E-state index >= 15 is 0 Å². The third-order valence-corrected chi connectivity index (χ3v) is 6.00. The monoisotopic (exact) mass is 386 g/mol. The second-order valence-electron chi connectivity index (χ2n) is 8.15. The summed E-state index contributed by atoms with van der Waals surface area (Å²) in [6.07, 6.45) is 9.42. The molecule has 2 aromatic rings. The Labute approximate surface area is 168 Å². The summed E-state index contributed by atoms with van der Waals surface area (Å²) in [5.74, 6) is 0.0848. The molecule has 3 rings (SSSR count). The van der Waals surface area contributed by atoms with E-state index in [0.717, 1.165) is 30.4 Å². The van der Waals surface area contributed by atoms with Crippen molar-refractivity contribution >= 4 is 0 Å². The van der Waals surface area contributed by atoms with E-state index in [9.17, 15) is 8.78 Å². The number of halogens is 2. The summed E-state index contributed by atoms with van der Waals surface area (Å²) < 4.78 is 33.5. The Morgan fingerprint density at radius 3 is 2.46 bits per heavy atom. The smallest absolute Gasteiger partial charge is 0.168 e. The van der Waals surface area contributed by atoms with Crippen LogP contribution in [0.4, 0.5) is 8.78 Å². The summed E-state index contributed by atoms with van der Waals surface area (Å²) in [5.41, 5.74) is 2.44. The molecule has 0 heterocycles. The Balaban J connectivity index is 1.69. The molecule has 2 unspecified atom stereocenters. The lowest BCUT2D eigenvalue weighted by molar-refractivity contribution is 0.134. The van der Waals surface area contributed by atoms with Gasteiger partial charge in [-0.15, -0.1) is 0 Å². The molecule has 28 heavy (non-hydrogen) atoms. The van der Waals surface area contributed by atoms with Crippen LogP contribution in [0.5, 0.6) is 5.75 Å². The van der Waals surface area contributed by atoms with Gasteiger partial charge < -0.3 is 4.74 Å².